The second-order valence-corrected chi connectivity index (χ2v) is 9.24. The van der Waals surface area contributed by atoms with Crippen LogP contribution in [0.4, 0.5) is 17.3 Å². The molecule has 1 aromatic carbocycles. The molecule has 0 amide bonds. The van der Waals surface area contributed by atoms with Crippen molar-refractivity contribution >= 4 is 34.9 Å². The number of anilines is 3. The van der Waals surface area contributed by atoms with Crippen LogP contribution in [0.25, 0.3) is 0 Å². The lowest BCUT2D eigenvalue weighted by Gasteiger charge is -2.47. The number of fused-ring (bicyclic) bond motifs is 3. The Morgan fingerprint density at radius 2 is 1.59 bits per heavy atom. The maximum Gasteiger partial charge on any atom is 0.308 e. The lowest BCUT2D eigenvalue weighted by Crippen LogP contribution is -2.51. The first-order valence-electron chi connectivity index (χ1n) is 11.2. The molecular weight excluding hydrogens is 430 g/mol. The minimum Gasteiger partial charge on any atom is -0.481 e. The predicted octanol–water partition coefficient (Wildman–Crippen LogP) is 2.93. The van der Waals surface area contributed by atoms with Crippen LogP contribution in [0.3, 0.4) is 0 Å². The topological polar surface area (TPSA) is 113 Å². The number of piperazine rings is 1. The monoisotopic (exact) mass is 459 g/mol. The van der Waals surface area contributed by atoms with Crippen molar-refractivity contribution < 1.29 is 15.4 Å². The van der Waals surface area contributed by atoms with Crippen molar-refractivity contribution in [3.05, 3.63) is 41.7 Å². The molecule has 32 heavy (non-hydrogen) atoms. The summed E-state index contributed by atoms with van der Waals surface area (Å²) in [6.45, 7) is 3.49. The number of para-hydroxylation sites is 1. The fourth-order valence-corrected chi connectivity index (χ4v) is 5.84. The summed E-state index contributed by atoms with van der Waals surface area (Å²) in [6.07, 6.45) is 4.20. The Morgan fingerprint density at radius 1 is 0.969 bits per heavy atom. The standard InChI is InChI=1S/C23H28ClN5O2.H2O/c24-23-26-18(25-21-16-8-6-15(7-9-16)20(21)22(30)31)14-19(27-23)29-12-10-28(11-13-29)17-4-2-1-3-5-17;/h1-5,14-16,20-21H,6-13H2,(H,30,31)(H,25,26,27);1H2/t15?,16?,20-,21-;/m0./s1. The van der Waals surface area contributed by atoms with Gasteiger partial charge < -0.3 is 25.7 Å². The molecule has 0 unspecified atom stereocenters. The van der Waals surface area contributed by atoms with Crippen molar-refractivity contribution in [2.75, 3.05) is 41.3 Å². The second-order valence-electron chi connectivity index (χ2n) is 8.90. The fourth-order valence-electron chi connectivity index (χ4n) is 5.66. The number of hydrogen-bond donors (Lipinski definition) is 2. The number of benzene rings is 1. The van der Waals surface area contributed by atoms with Crippen LogP contribution in [-0.4, -0.2) is 58.7 Å². The number of carboxylic acids is 1. The normalized spacial score (nSPS) is 27.0. The van der Waals surface area contributed by atoms with Crippen LogP contribution in [0.5, 0.6) is 0 Å². The highest BCUT2D eigenvalue weighted by atomic mass is 35.5. The van der Waals surface area contributed by atoms with Gasteiger partial charge in [0.05, 0.1) is 5.92 Å². The maximum absolute atomic E-state index is 12.0. The van der Waals surface area contributed by atoms with Crippen molar-refractivity contribution in [2.24, 2.45) is 17.8 Å². The number of aliphatic carboxylic acids is 1. The van der Waals surface area contributed by atoms with Gasteiger partial charge in [-0.15, -0.1) is 0 Å². The molecule has 9 heteroatoms. The van der Waals surface area contributed by atoms with Crippen LogP contribution in [0.1, 0.15) is 25.7 Å². The average Bonchev–Trinajstić information content (AvgIpc) is 2.80. The lowest BCUT2D eigenvalue weighted by atomic mass is 9.61. The Kier molecular flexibility index (Phi) is 6.71. The Balaban J connectivity index is 0.00000245. The fraction of sp³-hybridized carbons (Fsp3) is 0.522. The molecule has 1 aliphatic heterocycles. The highest BCUT2D eigenvalue weighted by Gasteiger charge is 2.47. The molecule has 0 spiro atoms. The zero-order valence-corrected chi connectivity index (χ0v) is 18.7. The van der Waals surface area contributed by atoms with Crippen LogP contribution >= 0.6 is 11.6 Å². The summed E-state index contributed by atoms with van der Waals surface area (Å²) in [4.78, 5) is 25.4. The van der Waals surface area contributed by atoms with Crippen LogP contribution < -0.4 is 15.1 Å². The molecule has 4 aliphatic rings. The van der Waals surface area contributed by atoms with Gasteiger partial charge in [0.2, 0.25) is 5.28 Å². The van der Waals surface area contributed by atoms with E-state index in [0.717, 1.165) is 57.7 Å². The zero-order valence-electron chi connectivity index (χ0n) is 18.0. The predicted molar refractivity (Wildman–Crippen MR) is 126 cm³/mol. The van der Waals surface area contributed by atoms with Gasteiger partial charge in [0.1, 0.15) is 11.6 Å². The van der Waals surface area contributed by atoms with Gasteiger partial charge in [-0.25, -0.2) is 9.97 Å². The molecule has 3 saturated carbocycles. The van der Waals surface area contributed by atoms with E-state index in [4.69, 9.17) is 11.6 Å². The molecule has 1 saturated heterocycles. The van der Waals surface area contributed by atoms with Crippen LogP contribution in [0, 0.1) is 17.8 Å². The van der Waals surface area contributed by atoms with Crippen molar-refractivity contribution in [1.29, 1.82) is 0 Å². The average molecular weight is 460 g/mol. The third kappa shape index (κ3) is 4.47. The van der Waals surface area contributed by atoms with E-state index in [0.29, 0.717) is 11.7 Å². The Hall–Kier alpha value is -2.58. The van der Waals surface area contributed by atoms with E-state index in [9.17, 15) is 9.90 Å². The van der Waals surface area contributed by atoms with Gasteiger partial charge >= 0.3 is 5.97 Å². The van der Waals surface area contributed by atoms with Gasteiger partial charge in [-0.05, 0) is 61.3 Å². The van der Waals surface area contributed by atoms with Gasteiger partial charge in [0, 0.05) is 44.0 Å². The number of nitrogens with zero attached hydrogens (tertiary/aromatic N) is 4. The first kappa shape index (κ1) is 22.6. The molecule has 172 valence electrons. The van der Waals surface area contributed by atoms with E-state index >= 15 is 0 Å². The maximum atomic E-state index is 12.0. The van der Waals surface area contributed by atoms with E-state index in [2.05, 4.69) is 49.4 Å². The molecule has 2 bridgehead atoms. The van der Waals surface area contributed by atoms with Gasteiger partial charge in [-0.1, -0.05) is 18.2 Å². The second kappa shape index (κ2) is 9.50. The summed E-state index contributed by atoms with van der Waals surface area (Å²) in [5.41, 5.74) is 1.23. The third-order valence-corrected chi connectivity index (χ3v) is 7.40. The van der Waals surface area contributed by atoms with Gasteiger partial charge in [0.15, 0.2) is 0 Å². The van der Waals surface area contributed by atoms with Gasteiger partial charge in [-0.3, -0.25) is 4.79 Å². The number of aromatic nitrogens is 2. The molecule has 4 fully saturated rings. The molecule has 0 radical (unpaired) electrons. The lowest BCUT2D eigenvalue weighted by molar-refractivity contribution is -0.148. The molecular formula is C23H30ClN5O3. The van der Waals surface area contributed by atoms with E-state index in [1.165, 1.54) is 5.69 Å². The summed E-state index contributed by atoms with van der Waals surface area (Å²) in [5.74, 6) is 0.983. The van der Waals surface area contributed by atoms with Crippen molar-refractivity contribution in [3.63, 3.8) is 0 Å². The number of rotatable bonds is 5. The molecule has 1 aromatic heterocycles. The van der Waals surface area contributed by atoms with Crippen molar-refractivity contribution in [3.8, 4) is 0 Å². The molecule has 2 atom stereocenters. The minimum atomic E-state index is -0.704. The van der Waals surface area contributed by atoms with Crippen molar-refractivity contribution in [1.82, 2.24) is 9.97 Å². The summed E-state index contributed by atoms with van der Waals surface area (Å²) >= 11 is 6.27. The van der Waals surface area contributed by atoms with Crippen LogP contribution in [0.15, 0.2) is 36.4 Å². The molecule has 4 N–H and O–H groups in total. The number of nitrogens with one attached hydrogen (secondary N) is 1. The number of carboxylic acid groups (broad SMARTS) is 1. The summed E-state index contributed by atoms with van der Waals surface area (Å²) in [7, 11) is 0. The first-order chi connectivity index (χ1) is 15.1. The van der Waals surface area contributed by atoms with E-state index in [-0.39, 0.29) is 28.6 Å². The SMILES string of the molecule is O.O=C(O)[C@H]1C2CCC(CC2)[C@@H]1Nc1cc(N2CCN(c3ccccc3)CC2)nc(Cl)n1. The summed E-state index contributed by atoms with van der Waals surface area (Å²) < 4.78 is 0. The van der Waals surface area contributed by atoms with Crippen molar-refractivity contribution in [2.45, 2.75) is 31.7 Å². The first-order valence-corrected chi connectivity index (χ1v) is 11.5. The molecule has 2 aromatic rings. The highest BCUT2D eigenvalue weighted by Crippen LogP contribution is 2.46. The Labute approximate surface area is 192 Å². The van der Waals surface area contributed by atoms with E-state index in [1.807, 2.05) is 12.1 Å². The largest absolute Gasteiger partial charge is 0.481 e. The molecule has 6 rings (SSSR count). The summed E-state index contributed by atoms with van der Waals surface area (Å²) in [6, 6.07) is 12.2. The number of carbonyl (C=O) groups is 1. The third-order valence-electron chi connectivity index (χ3n) is 7.23. The molecule has 2 heterocycles. The quantitative estimate of drug-likeness (QED) is 0.661. The smallest absolute Gasteiger partial charge is 0.308 e. The Bertz CT molecular complexity index is 930. The van der Waals surface area contributed by atoms with Gasteiger partial charge in [-0.2, -0.15) is 0 Å². The number of halogens is 1. The van der Waals surface area contributed by atoms with E-state index < -0.39 is 5.97 Å². The summed E-state index contributed by atoms with van der Waals surface area (Å²) in [5, 5.41) is 13.5. The Morgan fingerprint density at radius 3 is 2.25 bits per heavy atom. The number of hydrogen-bond acceptors (Lipinski definition) is 6. The minimum absolute atomic E-state index is 0. The molecule has 3 aliphatic carbocycles. The van der Waals surface area contributed by atoms with E-state index in [1.54, 1.807) is 0 Å². The van der Waals surface area contributed by atoms with Crippen LogP contribution in [0.2, 0.25) is 5.28 Å². The molecule has 8 nitrogen and oxygen atoms in total. The highest BCUT2D eigenvalue weighted by molar-refractivity contribution is 6.28. The van der Waals surface area contributed by atoms with Crippen LogP contribution in [-0.2, 0) is 4.79 Å². The zero-order chi connectivity index (χ0) is 21.4. The van der Waals surface area contributed by atoms with Gasteiger partial charge in [0.25, 0.3) is 0 Å².